The minimum atomic E-state index is -1.08. The van der Waals surface area contributed by atoms with Gasteiger partial charge in [0.1, 0.15) is 0 Å². The summed E-state index contributed by atoms with van der Waals surface area (Å²) in [5, 5.41) is 11.3. The van der Waals surface area contributed by atoms with Gasteiger partial charge in [0, 0.05) is 6.54 Å². The topological polar surface area (TPSA) is 66.4 Å². The van der Waals surface area contributed by atoms with E-state index in [2.05, 4.69) is 5.32 Å². The molecule has 4 nitrogen and oxygen atoms in total. The van der Waals surface area contributed by atoms with E-state index in [1.54, 1.807) is 6.92 Å². The van der Waals surface area contributed by atoms with Crippen LogP contribution in [0.25, 0.3) is 0 Å². The van der Waals surface area contributed by atoms with Crippen molar-refractivity contribution in [3.63, 3.8) is 0 Å². The van der Waals surface area contributed by atoms with Crippen LogP contribution in [0, 0.1) is 11.2 Å². The number of halogens is 2. The van der Waals surface area contributed by atoms with Gasteiger partial charge in [-0.1, -0.05) is 24.6 Å². The Morgan fingerprint density at radius 2 is 2.11 bits per heavy atom. The highest BCUT2D eigenvalue weighted by atomic mass is 35.5. The predicted molar refractivity (Wildman–Crippen MR) is 69.8 cm³/mol. The van der Waals surface area contributed by atoms with Crippen LogP contribution in [-0.2, 0) is 4.79 Å². The zero-order valence-corrected chi connectivity index (χ0v) is 11.4. The molecule has 0 fully saturated rings. The Balaban J connectivity index is 2.81. The lowest BCUT2D eigenvalue weighted by atomic mass is 9.87. The summed E-state index contributed by atoms with van der Waals surface area (Å²) in [6.07, 6.45) is 0.348. The Bertz CT molecular complexity index is 507. The molecule has 0 spiro atoms. The number of carboxylic acids is 1. The molecule has 1 rings (SSSR count). The Kier molecular flexibility index (Phi) is 4.89. The van der Waals surface area contributed by atoms with E-state index in [1.165, 1.54) is 25.1 Å². The molecule has 19 heavy (non-hydrogen) atoms. The lowest BCUT2D eigenvalue weighted by Gasteiger charge is -2.23. The van der Waals surface area contributed by atoms with E-state index in [9.17, 15) is 14.0 Å². The Morgan fingerprint density at radius 1 is 1.47 bits per heavy atom. The summed E-state index contributed by atoms with van der Waals surface area (Å²) in [4.78, 5) is 22.9. The molecule has 0 saturated heterocycles. The summed E-state index contributed by atoms with van der Waals surface area (Å²) in [5.74, 6) is -2.50. The first-order valence-corrected chi connectivity index (χ1v) is 6.15. The van der Waals surface area contributed by atoms with E-state index in [1.807, 2.05) is 0 Å². The number of nitrogens with one attached hydrogen (secondary N) is 1. The van der Waals surface area contributed by atoms with E-state index in [4.69, 9.17) is 16.7 Å². The molecule has 0 bridgehead atoms. The number of rotatable bonds is 5. The van der Waals surface area contributed by atoms with Crippen LogP contribution in [0.3, 0.4) is 0 Å². The van der Waals surface area contributed by atoms with Gasteiger partial charge in [0.15, 0.2) is 5.82 Å². The third kappa shape index (κ3) is 3.44. The number of carbonyl (C=O) groups excluding carboxylic acids is 1. The molecule has 1 atom stereocenters. The fourth-order valence-corrected chi connectivity index (χ4v) is 1.58. The number of hydrogen-bond acceptors (Lipinski definition) is 2. The van der Waals surface area contributed by atoms with Gasteiger partial charge >= 0.3 is 5.97 Å². The number of carbonyl (C=O) groups is 2. The average Bonchev–Trinajstić information content (AvgIpc) is 2.38. The molecule has 0 radical (unpaired) electrons. The van der Waals surface area contributed by atoms with Crippen molar-refractivity contribution >= 4 is 23.5 Å². The number of carboxylic acid groups (broad SMARTS) is 1. The molecule has 6 heteroatoms. The highest BCUT2D eigenvalue weighted by molar-refractivity contribution is 6.31. The summed E-state index contributed by atoms with van der Waals surface area (Å²) in [7, 11) is 0. The summed E-state index contributed by atoms with van der Waals surface area (Å²) in [6, 6.07) is 4.08. The van der Waals surface area contributed by atoms with Crippen LogP contribution in [0.4, 0.5) is 4.39 Å². The van der Waals surface area contributed by atoms with Crippen LogP contribution in [0.2, 0.25) is 5.02 Å². The molecule has 0 aliphatic rings. The summed E-state index contributed by atoms with van der Waals surface area (Å²) < 4.78 is 13.6. The van der Waals surface area contributed by atoms with Crippen LogP contribution in [0.5, 0.6) is 0 Å². The second kappa shape index (κ2) is 6.02. The number of amides is 1. The van der Waals surface area contributed by atoms with E-state index < -0.39 is 23.1 Å². The molecule has 1 aromatic rings. The second-order valence-corrected chi connectivity index (χ2v) is 4.91. The molecule has 1 aromatic carbocycles. The minimum Gasteiger partial charge on any atom is -0.481 e. The number of aliphatic carboxylic acids is 1. The Hall–Kier alpha value is -1.62. The quantitative estimate of drug-likeness (QED) is 0.875. The monoisotopic (exact) mass is 287 g/mol. The molecule has 0 aromatic heterocycles. The first-order chi connectivity index (χ1) is 8.81. The fraction of sp³-hybridized carbons (Fsp3) is 0.385. The third-order valence-corrected chi connectivity index (χ3v) is 3.42. The molecule has 0 aliphatic carbocycles. The summed E-state index contributed by atoms with van der Waals surface area (Å²) in [5.41, 5.74) is -1.28. The van der Waals surface area contributed by atoms with Gasteiger partial charge in [0.2, 0.25) is 0 Å². The van der Waals surface area contributed by atoms with Crippen molar-refractivity contribution in [2.75, 3.05) is 6.54 Å². The lowest BCUT2D eigenvalue weighted by molar-refractivity contribution is -0.147. The predicted octanol–water partition coefficient (Wildman–Crippen LogP) is 2.71. The van der Waals surface area contributed by atoms with Gasteiger partial charge in [0.05, 0.1) is 16.0 Å². The largest absolute Gasteiger partial charge is 0.481 e. The van der Waals surface area contributed by atoms with E-state index >= 15 is 0 Å². The Morgan fingerprint density at radius 3 is 2.63 bits per heavy atom. The zero-order chi connectivity index (χ0) is 14.6. The zero-order valence-electron chi connectivity index (χ0n) is 10.7. The van der Waals surface area contributed by atoms with Gasteiger partial charge in [-0.3, -0.25) is 9.59 Å². The maximum atomic E-state index is 13.6. The van der Waals surface area contributed by atoms with Gasteiger partial charge in [0.25, 0.3) is 5.91 Å². The van der Waals surface area contributed by atoms with Gasteiger partial charge < -0.3 is 10.4 Å². The molecule has 2 N–H and O–H groups in total. The van der Waals surface area contributed by atoms with Gasteiger partial charge in [-0.05, 0) is 25.5 Å². The smallest absolute Gasteiger partial charge is 0.311 e. The molecule has 1 amide bonds. The fourth-order valence-electron chi connectivity index (χ4n) is 1.40. The molecule has 0 saturated carbocycles. The standard InChI is InChI=1S/C13H15ClFNO3/c1-3-13(2,12(18)19)7-16-11(17)8-5-4-6-9(14)10(8)15/h4-6H,3,7H2,1-2H3,(H,16,17)(H,18,19). The van der Waals surface area contributed by atoms with E-state index in [0.29, 0.717) is 6.42 Å². The average molecular weight is 288 g/mol. The minimum absolute atomic E-state index is 0.0797. The summed E-state index contributed by atoms with van der Waals surface area (Å²) in [6.45, 7) is 3.15. The molecule has 1 unspecified atom stereocenters. The lowest BCUT2D eigenvalue weighted by Crippen LogP contribution is -2.40. The summed E-state index contributed by atoms with van der Waals surface area (Å²) >= 11 is 5.58. The Labute approximate surface area is 115 Å². The van der Waals surface area contributed by atoms with Crippen LogP contribution in [0.15, 0.2) is 18.2 Å². The SMILES string of the molecule is CCC(C)(CNC(=O)c1cccc(Cl)c1F)C(=O)O. The molecule has 0 aliphatic heterocycles. The third-order valence-electron chi connectivity index (χ3n) is 3.13. The second-order valence-electron chi connectivity index (χ2n) is 4.50. The van der Waals surface area contributed by atoms with Crippen molar-refractivity contribution in [3.8, 4) is 0 Å². The van der Waals surface area contributed by atoms with Crippen molar-refractivity contribution in [2.45, 2.75) is 20.3 Å². The van der Waals surface area contributed by atoms with Crippen molar-refractivity contribution in [3.05, 3.63) is 34.6 Å². The van der Waals surface area contributed by atoms with Crippen LogP contribution < -0.4 is 5.32 Å². The normalized spacial score (nSPS) is 13.7. The van der Waals surface area contributed by atoms with Crippen LogP contribution in [0.1, 0.15) is 30.6 Å². The van der Waals surface area contributed by atoms with Crippen molar-refractivity contribution < 1.29 is 19.1 Å². The van der Waals surface area contributed by atoms with Gasteiger partial charge in [-0.15, -0.1) is 0 Å². The molecule has 104 valence electrons. The van der Waals surface area contributed by atoms with Crippen molar-refractivity contribution in [1.82, 2.24) is 5.32 Å². The van der Waals surface area contributed by atoms with E-state index in [0.717, 1.165) is 0 Å². The first-order valence-electron chi connectivity index (χ1n) is 5.77. The highest BCUT2D eigenvalue weighted by Gasteiger charge is 2.31. The van der Waals surface area contributed by atoms with E-state index in [-0.39, 0.29) is 17.1 Å². The van der Waals surface area contributed by atoms with Crippen molar-refractivity contribution in [2.24, 2.45) is 5.41 Å². The van der Waals surface area contributed by atoms with Crippen LogP contribution >= 0.6 is 11.6 Å². The van der Waals surface area contributed by atoms with Crippen LogP contribution in [-0.4, -0.2) is 23.5 Å². The molecular weight excluding hydrogens is 273 g/mol. The highest BCUT2D eigenvalue weighted by Crippen LogP contribution is 2.21. The maximum Gasteiger partial charge on any atom is 0.311 e. The molecular formula is C13H15ClFNO3. The number of benzene rings is 1. The van der Waals surface area contributed by atoms with Gasteiger partial charge in [-0.25, -0.2) is 4.39 Å². The molecule has 0 heterocycles. The maximum absolute atomic E-state index is 13.6. The number of hydrogen-bond donors (Lipinski definition) is 2. The first kappa shape index (κ1) is 15.4. The van der Waals surface area contributed by atoms with Crippen molar-refractivity contribution in [1.29, 1.82) is 0 Å². The van der Waals surface area contributed by atoms with Gasteiger partial charge in [-0.2, -0.15) is 0 Å².